The van der Waals surface area contributed by atoms with Gasteiger partial charge in [0.25, 0.3) is 0 Å². The summed E-state index contributed by atoms with van der Waals surface area (Å²) in [6.45, 7) is 5.04. The van der Waals surface area contributed by atoms with E-state index in [0.29, 0.717) is 17.2 Å². The number of rotatable bonds is 8. The number of amides is 1. The second-order valence-corrected chi connectivity index (χ2v) is 6.76. The van der Waals surface area contributed by atoms with Gasteiger partial charge in [-0.3, -0.25) is 4.79 Å². The van der Waals surface area contributed by atoms with Crippen LogP contribution in [0.1, 0.15) is 37.6 Å². The topological polar surface area (TPSA) is 109 Å². The van der Waals surface area contributed by atoms with Crippen molar-refractivity contribution >= 4 is 17.8 Å². The molecule has 9 heteroatoms. The summed E-state index contributed by atoms with van der Waals surface area (Å²) in [6.07, 6.45) is -1.18. The lowest BCUT2D eigenvalue weighted by Gasteiger charge is -2.22. The maximum atomic E-state index is 12.7. The molecule has 1 aromatic carbocycles. The Hall–Kier alpha value is -2.97. The van der Waals surface area contributed by atoms with Gasteiger partial charge in [0.1, 0.15) is 11.6 Å². The predicted octanol–water partition coefficient (Wildman–Crippen LogP) is 2.35. The Labute approximate surface area is 164 Å². The van der Waals surface area contributed by atoms with Crippen LogP contribution in [0.25, 0.3) is 0 Å². The van der Waals surface area contributed by atoms with Gasteiger partial charge in [0, 0.05) is 12.0 Å². The van der Waals surface area contributed by atoms with Crippen LogP contribution in [0.5, 0.6) is 17.2 Å². The summed E-state index contributed by atoms with van der Waals surface area (Å²) in [5, 5.41) is 2.36. The van der Waals surface area contributed by atoms with Gasteiger partial charge in [-0.25, -0.2) is 9.59 Å². The molecule has 0 spiro atoms. The van der Waals surface area contributed by atoms with Crippen molar-refractivity contribution in [3.05, 3.63) is 17.7 Å². The van der Waals surface area contributed by atoms with E-state index in [0.717, 1.165) is 7.11 Å². The van der Waals surface area contributed by atoms with Gasteiger partial charge < -0.3 is 29.0 Å². The van der Waals surface area contributed by atoms with Crippen LogP contribution < -0.4 is 19.5 Å². The number of methoxy groups -OCH3 is 4. The van der Waals surface area contributed by atoms with Crippen molar-refractivity contribution in [1.29, 1.82) is 0 Å². The lowest BCUT2D eigenvalue weighted by atomic mass is 10.0. The quantitative estimate of drug-likeness (QED) is 0.526. The van der Waals surface area contributed by atoms with Crippen molar-refractivity contribution in [2.24, 2.45) is 0 Å². The summed E-state index contributed by atoms with van der Waals surface area (Å²) < 4.78 is 25.5. The van der Waals surface area contributed by atoms with Crippen LogP contribution in [-0.4, -0.2) is 57.9 Å². The Bertz CT molecular complexity index is 698. The van der Waals surface area contributed by atoms with Gasteiger partial charge in [-0.1, -0.05) is 0 Å². The third kappa shape index (κ3) is 6.33. The average Bonchev–Trinajstić information content (AvgIpc) is 2.63. The molecule has 0 heterocycles. The minimum Gasteiger partial charge on any atom is -0.493 e. The number of esters is 1. The number of hydrogen-bond acceptors (Lipinski definition) is 8. The molecule has 1 amide bonds. The number of ketones is 1. The molecule has 0 aliphatic heterocycles. The standard InChI is InChI=1S/C19H27NO8/c1-19(2,3)28-18(23)20-12(17(22)27-7)10-13(21)11-8-14(24-4)16(26-6)15(9-11)25-5/h8-9,12H,10H2,1-7H3,(H,20,23)/t12-/m0/s1. The largest absolute Gasteiger partial charge is 0.493 e. The first-order chi connectivity index (χ1) is 13.1. The summed E-state index contributed by atoms with van der Waals surface area (Å²) in [6, 6.07) is 1.71. The molecule has 0 aliphatic rings. The number of hydrogen-bond donors (Lipinski definition) is 1. The fourth-order valence-electron chi connectivity index (χ4n) is 2.33. The Morgan fingerprint density at radius 2 is 1.50 bits per heavy atom. The minimum absolute atomic E-state index is 0.217. The molecule has 9 nitrogen and oxygen atoms in total. The number of carbonyl (C=O) groups is 3. The smallest absolute Gasteiger partial charge is 0.408 e. The summed E-state index contributed by atoms with van der Waals surface area (Å²) in [5.74, 6) is -0.296. The molecule has 0 saturated heterocycles. The van der Waals surface area contributed by atoms with Crippen molar-refractivity contribution in [3.8, 4) is 17.2 Å². The van der Waals surface area contributed by atoms with Gasteiger partial charge in [0.2, 0.25) is 5.75 Å². The molecule has 0 unspecified atom stereocenters. The number of alkyl carbamates (subject to hydrolysis) is 1. The molecule has 0 bridgehead atoms. The zero-order valence-electron chi connectivity index (χ0n) is 17.2. The molecule has 1 rings (SSSR count). The van der Waals surface area contributed by atoms with E-state index in [1.165, 1.54) is 33.5 Å². The zero-order valence-corrected chi connectivity index (χ0v) is 17.2. The van der Waals surface area contributed by atoms with Crippen LogP contribution >= 0.6 is 0 Å². The first kappa shape index (κ1) is 23.1. The highest BCUT2D eigenvalue weighted by molar-refractivity contribution is 6.00. The molecular weight excluding hydrogens is 370 g/mol. The second-order valence-electron chi connectivity index (χ2n) is 6.76. The van der Waals surface area contributed by atoms with Crippen LogP contribution in [0.3, 0.4) is 0 Å². The third-order valence-corrected chi connectivity index (χ3v) is 3.55. The van der Waals surface area contributed by atoms with Crippen LogP contribution in [0, 0.1) is 0 Å². The molecule has 28 heavy (non-hydrogen) atoms. The number of carbonyl (C=O) groups excluding carboxylic acids is 3. The molecule has 0 aromatic heterocycles. The lowest BCUT2D eigenvalue weighted by molar-refractivity contribution is -0.143. The Kier molecular flexibility index (Phi) is 8.09. The first-order valence-corrected chi connectivity index (χ1v) is 8.46. The summed E-state index contributed by atoms with van der Waals surface area (Å²) in [4.78, 5) is 36.7. The maximum absolute atomic E-state index is 12.7. The van der Waals surface area contributed by atoms with Gasteiger partial charge in [0.05, 0.1) is 28.4 Å². The normalized spacial score (nSPS) is 11.8. The highest BCUT2D eigenvalue weighted by Crippen LogP contribution is 2.38. The predicted molar refractivity (Wildman–Crippen MR) is 100 cm³/mol. The third-order valence-electron chi connectivity index (χ3n) is 3.55. The van der Waals surface area contributed by atoms with E-state index in [-0.39, 0.29) is 12.0 Å². The Balaban J connectivity index is 3.08. The zero-order chi connectivity index (χ0) is 21.5. The van der Waals surface area contributed by atoms with E-state index < -0.39 is 29.5 Å². The van der Waals surface area contributed by atoms with Crippen LogP contribution in [0.2, 0.25) is 0 Å². The second kappa shape index (κ2) is 9.82. The fraction of sp³-hybridized carbons (Fsp3) is 0.526. The van der Waals surface area contributed by atoms with Gasteiger partial charge in [0.15, 0.2) is 17.3 Å². The van der Waals surface area contributed by atoms with E-state index in [9.17, 15) is 14.4 Å². The number of nitrogens with one attached hydrogen (secondary N) is 1. The van der Waals surface area contributed by atoms with Gasteiger partial charge in [-0.15, -0.1) is 0 Å². The molecule has 0 fully saturated rings. The van der Waals surface area contributed by atoms with Gasteiger partial charge in [-0.05, 0) is 32.9 Å². The van der Waals surface area contributed by atoms with E-state index >= 15 is 0 Å². The summed E-state index contributed by atoms with van der Waals surface area (Å²) >= 11 is 0. The molecule has 156 valence electrons. The van der Waals surface area contributed by atoms with Crippen molar-refractivity contribution in [2.75, 3.05) is 28.4 Å². The van der Waals surface area contributed by atoms with E-state index in [1.54, 1.807) is 20.8 Å². The fourth-order valence-corrected chi connectivity index (χ4v) is 2.33. The maximum Gasteiger partial charge on any atom is 0.408 e. The molecule has 0 radical (unpaired) electrons. The van der Waals surface area contributed by atoms with Crippen LogP contribution in [0.4, 0.5) is 4.79 Å². The number of benzene rings is 1. The van der Waals surface area contributed by atoms with E-state index in [2.05, 4.69) is 10.1 Å². The van der Waals surface area contributed by atoms with Crippen LogP contribution in [0.15, 0.2) is 12.1 Å². The SMILES string of the molecule is COC(=O)[C@H](CC(=O)c1cc(OC)c(OC)c(OC)c1)NC(=O)OC(C)(C)C. The molecule has 1 atom stereocenters. The molecule has 0 aliphatic carbocycles. The van der Waals surface area contributed by atoms with Crippen molar-refractivity contribution in [3.63, 3.8) is 0 Å². The van der Waals surface area contributed by atoms with Crippen molar-refractivity contribution in [2.45, 2.75) is 38.8 Å². The summed E-state index contributed by atoms with van der Waals surface area (Å²) in [7, 11) is 5.45. The van der Waals surface area contributed by atoms with Gasteiger partial charge in [-0.2, -0.15) is 0 Å². The Morgan fingerprint density at radius 1 is 0.964 bits per heavy atom. The molecule has 1 N–H and O–H groups in total. The minimum atomic E-state index is -1.22. The summed E-state index contributed by atoms with van der Waals surface area (Å²) in [5.41, 5.74) is -0.541. The lowest BCUT2D eigenvalue weighted by Crippen LogP contribution is -2.45. The average molecular weight is 397 g/mol. The highest BCUT2D eigenvalue weighted by atomic mass is 16.6. The van der Waals surface area contributed by atoms with E-state index in [1.807, 2.05) is 0 Å². The van der Waals surface area contributed by atoms with Crippen molar-refractivity contribution in [1.82, 2.24) is 5.32 Å². The highest BCUT2D eigenvalue weighted by Gasteiger charge is 2.28. The van der Waals surface area contributed by atoms with Crippen molar-refractivity contribution < 1.29 is 38.1 Å². The molecule has 0 saturated carbocycles. The molecule has 1 aromatic rings. The van der Waals surface area contributed by atoms with E-state index in [4.69, 9.17) is 18.9 Å². The Morgan fingerprint density at radius 3 is 1.89 bits per heavy atom. The molecular formula is C19H27NO8. The first-order valence-electron chi connectivity index (χ1n) is 8.46. The van der Waals surface area contributed by atoms with Crippen LogP contribution in [-0.2, 0) is 14.3 Å². The van der Waals surface area contributed by atoms with Gasteiger partial charge >= 0.3 is 12.1 Å². The monoisotopic (exact) mass is 397 g/mol. The number of ether oxygens (including phenoxy) is 5. The number of Topliss-reactive ketones (excluding diaryl/α,β-unsaturated/α-hetero) is 1.